The molecule has 2 aliphatic heterocycles. The topological polar surface area (TPSA) is 96.7 Å². The van der Waals surface area contributed by atoms with Crippen molar-refractivity contribution < 1.29 is 18.7 Å². The molecular formula is C17H23FN4O3. The fourth-order valence-electron chi connectivity index (χ4n) is 3.21. The number of halogens is 1. The molecule has 136 valence electrons. The second-order valence-corrected chi connectivity index (χ2v) is 6.61. The van der Waals surface area contributed by atoms with Gasteiger partial charge in [0.25, 0.3) is 0 Å². The number of hydrogen-bond acceptors (Lipinski definition) is 4. The molecule has 0 radical (unpaired) electrons. The van der Waals surface area contributed by atoms with Gasteiger partial charge >= 0.3 is 6.03 Å². The summed E-state index contributed by atoms with van der Waals surface area (Å²) in [7, 11) is 0. The Balaban J connectivity index is 1.49. The standard InChI is InChI=1S/C17H23FN4O3/c18-12-1-3-13(4-2-12)20-16(24)21-14-5-8-22(11-14)15(23)17(19)6-9-25-10-7-17/h1-4,14H,5-11,19H2,(H2,20,21,24). The van der Waals surface area contributed by atoms with Crippen molar-refractivity contribution in [1.82, 2.24) is 10.2 Å². The maximum atomic E-state index is 12.9. The van der Waals surface area contributed by atoms with Gasteiger partial charge < -0.3 is 26.0 Å². The van der Waals surface area contributed by atoms with Crippen molar-refractivity contribution in [2.24, 2.45) is 5.73 Å². The highest BCUT2D eigenvalue weighted by atomic mass is 19.1. The molecule has 3 rings (SSSR count). The number of urea groups is 1. The van der Waals surface area contributed by atoms with Gasteiger partial charge in [-0.3, -0.25) is 4.79 Å². The molecule has 0 saturated carbocycles. The summed E-state index contributed by atoms with van der Waals surface area (Å²) in [6, 6.07) is 5.03. The first-order chi connectivity index (χ1) is 12.0. The Bertz CT molecular complexity index is 631. The number of benzene rings is 1. The minimum absolute atomic E-state index is 0.0703. The zero-order valence-electron chi connectivity index (χ0n) is 14.0. The number of carbonyl (C=O) groups excluding carboxylic acids is 2. The monoisotopic (exact) mass is 350 g/mol. The van der Waals surface area contributed by atoms with Crippen LogP contribution in [0.5, 0.6) is 0 Å². The number of hydrogen-bond donors (Lipinski definition) is 3. The number of likely N-dealkylation sites (tertiary alicyclic amines) is 1. The fraction of sp³-hybridized carbons (Fsp3) is 0.529. The van der Waals surface area contributed by atoms with Gasteiger partial charge in [0.05, 0.1) is 5.54 Å². The van der Waals surface area contributed by atoms with Crippen LogP contribution in [0.4, 0.5) is 14.9 Å². The average Bonchev–Trinajstić information content (AvgIpc) is 3.05. The summed E-state index contributed by atoms with van der Waals surface area (Å²) in [6.07, 6.45) is 1.71. The Morgan fingerprint density at radius 1 is 1.24 bits per heavy atom. The van der Waals surface area contributed by atoms with Crippen molar-refractivity contribution in [1.29, 1.82) is 0 Å². The highest BCUT2D eigenvalue weighted by Crippen LogP contribution is 2.23. The van der Waals surface area contributed by atoms with Crippen LogP contribution in [0.15, 0.2) is 24.3 Å². The Hall–Kier alpha value is -2.19. The van der Waals surface area contributed by atoms with Crippen LogP contribution in [0.25, 0.3) is 0 Å². The zero-order chi connectivity index (χ0) is 17.9. The summed E-state index contributed by atoms with van der Waals surface area (Å²) in [4.78, 5) is 26.4. The van der Waals surface area contributed by atoms with E-state index in [1.54, 1.807) is 4.90 Å². The summed E-state index contributed by atoms with van der Waals surface area (Å²) in [5, 5.41) is 5.49. The predicted octanol–water partition coefficient (Wildman–Crippen LogP) is 1.06. The zero-order valence-corrected chi connectivity index (χ0v) is 14.0. The van der Waals surface area contributed by atoms with Crippen molar-refractivity contribution in [3.63, 3.8) is 0 Å². The van der Waals surface area contributed by atoms with Crippen molar-refractivity contribution in [3.05, 3.63) is 30.1 Å². The number of carbonyl (C=O) groups is 2. The van der Waals surface area contributed by atoms with Gasteiger partial charge in [-0.2, -0.15) is 0 Å². The van der Waals surface area contributed by atoms with E-state index in [-0.39, 0.29) is 23.8 Å². The molecule has 2 aliphatic rings. The first kappa shape index (κ1) is 17.6. The van der Waals surface area contributed by atoms with Gasteiger partial charge in [0.15, 0.2) is 0 Å². The smallest absolute Gasteiger partial charge is 0.319 e. The summed E-state index contributed by atoms with van der Waals surface area (Å²) in [6.45, 7) is 2.01. The molecule has 4 N–H and O–H groups in total. The lowest BCUT2D eigenvalue weighted by atomic mass is 9.90. The molecule has 0 aromatic heterocycles. The van der Waals surface area contributed by atoms with Gasteiger partial charge in [0, 0.05) is 38.0 Å². The van der Waals surface area contributed by atoms with Crippen LogP contribution in [0.3, 0.4) is 0 Å². The average molecular weight is 350 g/mol. The number of amides is 3. The second-order valence-electron chi connectivity index (χ2n) is 6.61. The molecule has 1 aromatic rings. The molecular weight excluding hydrogens is 327 g/mol. The highest BCUT2D eigenvalue weighted by molar-refractivity contribution is 5.90. The van der Waals surface area contributed by atoms with Crippen LogP contribution in [0.2, 0.25) is 0 Å². The van der Waals surface area contributed by atoms with E-state index in [0.717, 1.165) is 0 Å². The lowest BCUT2D eigenvalue weighted by molar-refractivity contribution is -0.139. The lowest BCUT2D eigenvalue weighted by Gasteiger charge is -2.35. The second kappa shape index (κ2) is 7.37. The van der Waals surface area contributed by atoms with Crippen LogP contribution >= 0.6 is 0 Å². The third-order valence-electron chi connectivity index (χ3n) is 4.72. The molecule has 2 saturated heterocycles. The summed E-state index contributed by atoms with van der Waals surface area (Å²) >= 11 is 0. The van der Waals surface area contributed by atoms with Crippen LogP contribution in [-0.2, 0) is 9.53 Å². The first-order valence-corrected chi connectivity index (χ1v) is 8.45. The van der Waals surface area contributed by atoms with Gasteiger partial charge in [0.1, 0.15) is 5.82 Å². The lowest BCUT2D eigenvalue weighted by Crippen LogP contribution is -2.58. The maximum absolute atomic E-state index is 12.9. The number of rotatable bonds is 3. The van der Waals surface area contributed by atoms with E-state index in [2.05, 4.69) is 10.6 Å². The summed E-state index contributed by atoms with van der Waals surface area (Å²) in [5.74, 6) is -0.432. The van der Waals surface area contributed by atoms with Crippen molar-refractivity contribution >= 4 is 17.6 Å². The van der Waals surface area contributed by atoms with E-state index < -0.39 is 5.54 Å². The first-order valence-electron chi connectivity index (χ1n) is 8.45. The quantitative estimate of drug-likeness (QED) is 0.759. The summed E-state index contributed by atoms with van der Waals surface area (Å²) < 4.78 is 18.1. The molecule has 2 fully saturated rings. The fourth-order valence-corrected chi connectivity index (χ4v) is 3.21. The normalized spacial score (nSPS) is 22.5. The Labute approximate surface area is 145 Å². The molecule has 25 heavy (non-hydrogen) atoms. The molecule has 7 nitrogen and oxygen atoms in total. The van der Waals surface area contributed by atoms with Gasteiger partial charge in [-0.15, -0.1) is 0 Å². The number of ether oxygens (including phenoxy) is 1. The minimum atomic E-state index is -0.858. The van der Waals surface area contributed by atoms with Gasteiger partial charge in [-0.25, -0.2) is 9.18 Å². The molecule has 0 spiro atoms. The van der Waals surface area contributed by atoms with Gasteiger partial charge in [0.2, 0.25) is 5.91 Å². The van der Waals surface area contributed by atoms with E-state index >= 15 is 0 Å². The molecule has 8 heteroatoms. The van der Waals surface area contributed by atoms with E-state index in [4.69, 9.17) is 10.5 Å². The molecule has 0 aliphatic carbocycles. The number of nitrogens with two attached hydrogens (primary N) is 1. The van der Waals surface area contributed by atoms with Crippen molar-refractivity contribution in [3.8, 4) is 0 Å². The number of anilines is 1. The Morgan fingerprint density at radius 2 is 1.92 bits per heavy atom. The maximum Gasteiger partial charge on any atom is 0.319 e. The number of nitrogens with zero attached hydrogens (tertiary/aromatic N) is 1. The van der Waals surface area contributed by atoms with Crippen LogP contribution in [0.1, 0.15) is 19.3 Å². The van der Waals surface area contributed by atoms with E-state index in [0.29, 0.717) is 51.3 Å². The van der Waals surface area contributed by atoms with Crippen LogP contribution in [-0.4, -0.2) is 54.7 Å². The van der Waals surface area contributed by atoms with Gasteiger partial charge in [-0.1, -0.05) is 0 Å². The molecule has 1 atom stereocenters. The van der Waals surface area contributed by atoms with Crippen molar-refractivity contribution in [2.75, 3.05) is 31.6 Å². The third kappa shape index (κ3) is 4.26. The molecule has 1 unspecified atom stereocenters. The molecule has 2 heterocycles. The number of nitrogens with one attached hydrogen (secondary N) is 2. The van der Waals surface area contributed by atoms with Crippen LogP contribution < -0.4 is 16.4 Å². The summed E-state index contributed by atoms with van der Waals surface area (Å²) in [5.41, 5.74) is 5.89. The van der Waals surface area contributed by atoms with Gasteiger partial charge in [-0.05, 0) is 43.5 Å². The van der Waals surface area contributed by atoms with E-state index in [1.807, 2.05) is 0 Å². The largest absolute Gasteiger partial charge is 0.381 e. The van der Waals surface area contributed by atoms with E-state index in [9.17, 15) is 14.0 Å². The van der Waals surface area contributed by atoms with Crippen molar-refractivity contribution in [2.45, 2.75) is 30.8 Å². The Morgan fingerprint density at radius 3 is 2.60 bits per heavy atom. The molecule has 0 bridgehead atoms. The molecule has 3 amide bonds. The third-order valence-corrected chi connectivity index (χ3v) is 4.72. The Kier molecular flexibility index (Phi) is 5.19. The molecule has 1 aromatic carbocycles. The predicted molar refractivity (Wildman–Crippen MR) is 90.5 cm³/mol. The minimum Gasteiger partial charge on any atom is -0.381 e. The SMILES string of the molecule is NC1(C(=O)N2CCC(NC(=O)Nc3ccc(F)cc3)C2)CCOCC1. The van der Waals surface area contributed by atoms with Crippen LogP contribution in [0, 0.1) is 5.82 Å². The highest BCUT2D eigenvalue weighted by Gasteiger charge is 2.41. The van der Waals surface area contributed by atoms with E-state index in [1.165, 1.54) is 24.3 Å².